The van der Waals surface area contributed by atoms with Crippen LogP contribution < -0.4 is 5.32 Å². The maximum atomic E-state index is 12.9. The molecule has 1 N–H and O–H groups in total. The van der Waals surface area contributed by atoms with Gasteiger partial charge in [-0.05, 0) is 31.5 Å². The van der Waals surface area contributed by atoms with Gasteiger partial charge in [-0.2, -0.15) is 0 Å². The first-order valence-corrected chi connectivity index (χ1v) is 9.44. The topological polar surface area (TPSA) is 125 Å². The van der Waals surface area contributed by atoms with Crippen LogP contribution in [0.15, 0.2) is 42.5 Å². The van der Waals surface area contributed by atoms with E-state index in [9.17, 15) is 24.5 Å². The lowest BCUT2D eigenvalue weighted by atomic mass is 9.88. The number of benzene rings is 2. The summed E-state index contributed by atoms with van der Waals surface area (Å²) in [5, 5.41) is 13.6. The zero-order valence-corrected chi connectivity index (χ0v) is 17.7. The molecule has 9 nitrogen and oxygen atoms in total. The lowest BCUT2D eigenvalue weighted by molar-refractivity contribution is -0.384. The molecule has 2 aromatic carbocycles. The number of ether oxygens (including phenoxy) is 2. The Morgan fingerprint density at radius 1 is 1.00 bits per heavy atom. The smallest absolute Gasteiger partial charge is 0.329 e. The summed E-state index contributed by atoms with van der Waals surface area (Å²) in [7, 11) is 2.37. The van der Waals surface area contributed by atoms with Crippen molar-refractivity contribution in [3.05, 3.63) is 74.8 Å². The highest BCUT2D eigenvalue weighted by Gasteiger charge is 2.34. The third kappa shape index (κ3) is 6.11. The largest absolute Gasteiger partial charge is 0.469 e. The lowest BCUT2D eigenvalue weighted by Gasteiger charge is -2.26. The fraction of sp³-hybridized carbons (Fsp3) is 0.318. The van der Waals surface area contributed by atoms with E-state index < -0.39 is 34.7 Å². The predicted molar refractivity (Wildman–Crippen MR) is 112 cm³/mol. The van der Waals surface area contributed by atoms with Crippen LogP contribution in [0.3, 0.4) is 0 Å². The molecule has 0 aliphatic carbocycles. The summed E-state index contributed by atoms with van der Waals surface area (Å²) in [6.07, 6.45) is -0.249. The van der Waals surface area contributed by atoms with Crippen molar-refractivity contribution >= 4 is 23.5 Å². The number of carbonyl (C=O) groups excluding carboxylic acids is 3. The first-order valence-electron chi connectivity index (χ1n) is 9.44. The van der Waals surface area contributed by atoms with E-state index in [0.29, 0.717) is 11.1 Å². The van der Waals surface area contributed by atoms with E-state index in [0.717, 1.165) is 11.1 Å². The molecule has 0 saturated heterocycles. The van der Waals surface area contributed by atoms with Gasteiger partial charge in [0.25, 0.3) is 11.6 Å². The van der Waals surface area contributed by atoms with Gasteiger partial charge in [0.2, 0.25) is 0 Å². The third-order valence-corrected chi connectivity index (χ3v) is 4.77. The average Bonchev–Trinajstić information content (AvgIpc) is 2.74. The van der Waals surface area contributed by atoms with Crippen LogP contribution in [0.25, 0.3) is 0 Å². The fourth-order valence-corrected chi connectivity index (χ4v) is 3.32. The van der Waals surface area contributed by atoms with Crippen molar-refractivity contribution < 1.29 is 28.8 Å². The third-order valence-electron chi connectivity index (χ3n) is 4.77. The molecule has 164 valence electrons. The number of carbonyl (C=O) groups is 3. The second kappa shape index (κ2) is 10.3. The summed E-state index contributed by atoms with van der Waals surface area (Å²) in [6.45, 7) is 3.69. The number of aryl methyl sites for hydroxylation is 2. The Bertz CT molecular complexity index is 966. The first-order chi connectivity index (χ1) is 14.7. The van der Waals surface area contributed by atoms with Crippen LogP contribution in [0.2, 0.25) is 0 Å². The molecule has 0 aromatic heterocycles. The molecule has 2 atom stereocenters. The van der Waals surface area contributed by atoms with E-state index in [1.54, 1.807) is 12.1 Å². The van der Waals surface area contributed by atoms with E-state index in [1.165, 1.54) is 38.5 Å². The predicted octanol–water partition coefficient (Wildman–Crippen LogP) is 2.83. The van der Waals surface area contributed by atoms with Crippen LogP contribution in [0.1, 0.15) is 39.4 Å². The standard InChI is InChI=1S/C22H24N2O7/c1-13-9-14(2)11-16(10-13)21(26)23-20(22(27)31-4)18(12-19(25)30-3)15-5-7-17(8-6-15)24(28)29/h5-11,18,20H,12H2,1-4H3,(H,23,26)/t18-,20-/m0/s1. The summed E-state index contributed by atoms with van der Waals surface area (Å²) in [6, 6.07) is 9.44. The molecule has 2 rings (SSSR count). The quantitative estimate of drug-likeness (QED) is 0.389. The van der Waals surface area contributed by atoms with Gasteiger partial charge in [-0.3, -0.25) is 19.7 Å². The average molecular weight is 428 g/mol. The molecule has 31 heavy (non-hydrogen) atoms. The number of non-ortho nitro benzene ring substituents is 1. The van der Waals surface area contributed by atoms with Gasteiger partial charge in [0.1, 0.15) is 6.04 Å². The first kappa shape index (κ1) is 23.5. The number of hydrogen-bond donors (Lipinski definition) is 1. The van der Waals surface area contributed by atoms with Crippen molar-refractivity contribution in [2.24, 2.45) is 0 Å². The maximum Gasteiger partial charge on any atom is 0.329 e. The molecule has 0 radical (unpaired) electrons. The molecule has 0 spiro atoms. The van der Waals surface area contributed by atoms with Gasteiger partial charge in [0.05, 0.1) is 25.6 Å². The van der Waals surface area contributed by atoms with Crippen molar-refractivity contribution in [3.63, 3.8) is 0 Å². The van der Waals surface area contributed by atoms with Crippen LogP contribution in [0.5, 0.6) is 0 Å². The lowest BCUT2D eigenvalue weighted by Crippen LogP contribution is -2.46. The molecule has 0 bridgehead atoms. The van der Waals surface area contributed by atoms with Crippen LogP contribution in [-0.2, 0) is 19.1 Å². The van der Waals surface area contributed by atoms with Gasteiger partial charge in [0, 0.05) is 23.6 Å². The summed E-state index contributed by atoms with van der Waals surface area (Å²) in [5.41, 5.74) is 2.40. The summed E-state index contributed by atoms with van der Waals surface area (Å²) in [4.78, 5) is 47.9. The van der Waals surface area contributed by atoms with Gasteiger partial charge in [-0.25, -0.2) is 4.79 Å². The molecular weight excluding hydrogens is 404 g/mol. The number of methoxy groups -OCH3 is 2. The van der Waals surface area contributed by atoms with Crippen molar-refractivity contribution in [2.75, 3.05) is 14.2 Å². The molecule has 0 unspecified atom stereocenters. The maximum absolute atomic E-state index is 12.9. The van der Waals surface area contributed by atoms with E-state index >= 15 is 0 Å². The Kier molecular flexibility index (Phi) is 7.84. The zero-order chi connectivity index (χ0) is 23.1. The molecule has 0 aliphatic rings. The molecule has 1 amide bonds. The minimum Gasteiger partial charge on any atom is -0.469 e. The van der Waals surface area contributed by atoms with E-state index in [-0.39, 0.29) is 12.1 Å². The zero-order valence-electron chi connectivity index (χ0n) is 17.7. The SMILES string of the molecule is COC(=O)C[C@@H](c1ccc([N+](=O)[O-])cc1)[C@H](NC(=O)c1cc(C)cc(C)c1)C(=O)OC. The minimum atomic E-state index is -1.22. The highest BCUT2D eigenvalue weighted by molar-refractivity contribution is 5.97. The Hall–Kier alpha value is -3.75. The van der Waals surface area contributed by atoms with Gasteiger partial charge in [0.15, 0.2) is 0 Å². The Morgan fingerprint density at radius 3 is 2.06 bits per heavy atom. The number of hydrogen-bond acceptors (Lipinski definition) is 7. The van der Waals surface area contributed by atoms with Crippen molar-refractivity contribution in [1.29, 1.82) is 0 Å². The van der Waals surface area contributed by atoms with E-state index in [2.05, 4.69) is 5.32 Å². The molecule has 0 fully saturated rings. The second-order valence-electron chi connectivity index (χ2n) is 7.09. The van der Waals surface area contributed by atoms with Gasteiger partial charge in [-0.1, -0.05) is 29.3 Å². The number of esters is 2. The Labute approximate surface area is 179 Å². The van der Waals surface area contributed by atoms with Crippen LogP contribution in [0.4, 0.5) is 5.69 Å². The number of nitro groups is 1. The van der Waals surface area contributed by atoms with Crippen molar-refractivity contribution in [1.82, 2.24) is 5.32 Å². The second-order valence-corrected chi connectivity index (χ2v) is 7.09. The summed E-state index contributed by atoms with van der Waals surface area (Å²) >= 11 is 0. The summed E-state index contributed by atoms with van der Waals surface area (Å²) < 4.78 is 9.60. The van der Waals surface area contributed by atoms with Gasteiger partial charge < -0.3 is 14.8 Å². The fourth-order valence-electron chi connectivity index (χ4n) is 3.32. The van der Waals surface area contributed by atoms with Gasteiger partial charge in [-0.15, -0.1) is 0 Å². The number of nitrogens with zero attached hydrogens (tertiary/aromatic N) is 1. The molecule has 2 aromatic rings. The number of amides is 1. The van der Waals surface area contributed by atoms with Crippen molar-refractivity contribution in [2.45, 2.75) is 32.2 Å². The molecular formula is C22H24N2O7. The molecule has 0 heterocycles. The molecule has 0 saturated carbocycles. The van der Waals surface area contributed by atoms with E-state index in [1.807, 2.05) is 19.9 Å². The van der Waals surface area contributed by atoms with Crippen LogP contribution in [0, 0.1) is 24.0 Å². The number of nitro benzene ring substituents is 1. The number of rotatable bonds is 8. The van der Waals surface area contributed by atoms with Crippen molar-refractivity contribution in [3.8, 4) is 0 Å². The Balaban J connectivity index is 2.44. The molecule has 0 aliphatic heterocycles. The summed E-state index contributed by atoms with van der Waals surface area (Å²) in [5.74, 6) is -2.75. The Morgan fingerprint density at radius 2 is 1.58 bits per heavy atom. The highest BCUT2D eigenvalue weighted by atomic mass is 16.6. The monoisotopic (exact) mass is 428 g/mol. The van der Waals surface area contributed by atoms with Gasteiger partial charge >= 0.3 is 11.9 Å². The van der Waals surface area contributed by atoms with E-state index in [4.69, 9.17) is 9.47 Å². The highest BCUT2D eigenvalue weighted by Crippen LogP contribution is 2.27. The van der Waals surface area contributed by atoms with Crippen LogP contribution >= 0.6 is 0 Å². The van der Waals surface area contributed by atoms with Crippen LogP contribution in [-0.4, -0.2) is 43.0 Å². The molecule has 9 heteroatoms. The normalized spacial score (nSPS) is 12.4. The minimum absolute atomic E-state index is 0.144. The number of nitrogens with one attached hydrogen (secondary N) is 1.